The van der Waals surface area contributed by atoms with Crippen molar-refractivity contribution in [1.29, 1.82) is 0 Å². The van der Waals surface area contributed by atoms with Gasteiger partial charge in [-0.1, -0.05) is 6.92 Å². The van der Waals surface area contributed by atoms with Gasteiger partial charge in [0.1, 0.15) is 11.6 Å². The number of hydrogen-bond acceptors (Lipinski definition) is 5. The predicted octanol–water partition coefficient (Wildman–Crippen LogP) is 4.30. The first-order chi connectivity index (χ1) is 14.9. The summed E-state index contributed by atoms with van der Waals surface area (Å²) in [5.41, 5.74) is 0.746. The Kier molecular flexibility index (Phi) is 5.67. The van der Waals surface area contributed by atoms with Crippen molar-refractivity contribution in [2.24, 2.45) is 0 Å². The lowest BCUT2D eigenvalue weighted by Crippen LogP contribution is -2.23. The normalized spacial score (nSPS) is 15.1. The summed E-state index contributed by atoms with van der Waals surface area (Å²) in [4.78, 5) is 20.4. The van der Waals surface area contributed by atoms with Crippen LogP contribution in [-0.4, -0.2) is 21.1 Å². The van der Waals surface area contributed by atoms with Crippen LogP contribution in [0.3, 0.4) is 0 Å². The molecule has 9 heteroatoms. The Labute approximate surface area is 176 Å². The summed E-state index contributed by atoms with van der Waals surface area (Å²) < 4.78 is 49.1. The number of benzene rings is 1. The number of pyridine rings is 1. The van der Waals surface area contributed by atoms with E-state index in [4.69, 9.17) is 4.74 Å². The number of ether oxygens (including phenoxy) is 1. The Bertz CT molecular complexity index is 1180. The molecule has 0 bridgehead atoms. The van der Waals surface area contributed by atoms with Crippen molar-refractivity contribution in [2.45, 2.75) is 39.2 Å². The van der Waals surface area contributed by atoms with Crippen LogP contribution in [0.25, 0.3) is 0 Å². The molecule has 0 fully saturated rings. The molecule has 2 aromatic heterocycles. The van der Waals surface area contributed by atoms with Crippen molar-refractivity contribution in [1.82, 2.24) is 14.5 Å². The molecule has 1 atom stereocenters. The van der Waals surface area contributed by atoms with Crippen LogP contribution in [0.4, 0.5) is 24.8 Å². The number of nitrogens with zero attached hydrogens (tertiary/aromatic N) is 3. The SMILES string of the molecule is CCOc1ccc(Nc2nc(=O)c(F)c3n2C(c2cc(F)cc(F)c2)CC3)c(CC)n1. The second-order valence-corrected chi connectivity index (χ2v) is 7.18. The second-order valence-electron chi connectivity index (χ2n) is 7.18. The van der Waals surface area contributed by atoms with E-state index in [0.717, 1.165) is 6.07 Å². The molecule has 31 heavy (non-hydrogen) atoms. The third-order valence-corrected chi connectivity index (χ3v) is 5.23. The third kappa shape index (κ3) is 3.99. The first-order valence-corrected chi connectivity index (χ1v) is 10.1. The minimum Gasteiger partial charge on any atom is -0.478 e. The molecule has 162 valence electrons. The van der Waals surface area contributed by atoms with Crippen molar-refractivity contribution >= 4 is 11.6 Å². The summed E-state index contributed by atoms with van der Waals surface area (Å²) in [6, 6.07) is 6.03. The van der Waals surface area contributed by atoms with Crippen LogP contribution in [-0.2, 0) is 12.8 Å². The summed E-state index contributed by atoms with van der Waals surface area (Å²) in [6.45, 7) is 4.24. The first-order valence-electron chi connectivity index (χ1n) is 10.1. The number of aromatic nitrogens is 3. The van der Waals surface area contributed by atoms with Gasteiger partial charge in [-0.05, 0) is 49.9 Å². The lowest BCUT2D eigenvalue weighted by molar-refractivity contribution is 0.326. The van der Waals surface area contributed by atoms with Crippen molar-refractivity contribution in [2.75, 3.05) is 11.9 Å². The van der Waals surface area contributed by atoms with E-state index >= 15 is 0 Å². The topological polar surface area (TPSA) is 69.0 Å². The molecule has 1 aliphatic rings. The Morgan fingerprint density at radius 3 is 2.55 bits per heavy atom. The van der Waals surface area contributed by atoms with E-state index in [9.17, 15) is 18.0 Å². The van der Waals surface area contributed by atoms with Gasteiger partial charge < -0.3 is 14.6 Å². The standard InChI is InChI=1S/C22H21F3N4O2/c1-3-15-16(5-8-19(26-15)31-4-2)27-22-28-21(30)20(25)18-7-6-17(29(18)22)12-9-13(23)11-14(24)10-12/h5,8-11,17H,3-4,6-7H2,1-2H3,(H,27,28,30). The van der Waals surface area contributed by atoms with Gasteiger partial charge in [-0.3, -0.25) is 4.79 Å². The Hall–Kier alpha value is -3.36. The van der Waals surface area contributed by atoms with E-state index in [0.29, 0.717) is 42.3 Å². The maximum atomic E-state index is 14.6. The van der Waals surface area contributed by atoms with Gasteiger partial charge in [0.25, 0.3) is 0 Å². The van der Waals surface area contributed by atoms with Crippen molar-refractivity contribution < 1.29 is 17.9 Å². The molecule has 3 heterocycles. The summed E-state index contributed by atoms with van der Waals surface area (Å²) in [5, 5.41) is 3.07. The highest BCUT2D eigenvalue weighted by Gasteiger charge is 2.31. The van der Waals surface area contributed by atoms with Crippen molar-refractivity contribution in [3.05, 3.63) is 75.1 Å². The average molecular weight is 430 g/mol. The molecule has 1 unspecified atom stereocenters. The van der Waals surface area contributed by atoms with Crippen LogP contribution in [0.15, 0.2) is 35.1 Å². The molecule has 1 aliphatic heterocycles. The molecule has 0 aliphatic carbocycles. The van der Waals surface area contributed by atoms with Crippen LogP contribution in [0.5, 0.6) is 5.88 Å². The fourth-order valence-corrected chi connectivity index (χ4v) is 3.91. The molecule has 1 N–H and O–H groups in total. The highest BCUT2D eigenvalue weighted by molar-refractivity contribution is 5.58. The number of anilines is 2. The molecule has 3 aromatic rings. The van der Waals surface area contributed by atoms with E-state index in [-0.39, 0.29) is 18.1 Å². The van der Waals surface area contributed by atoms with E-state index in [1.165, 1.54) is 16.7 Å². The quantitative estimate of drug-likeness (QED) is 0.632. The number of halogens is 3. The zero-order chi connectivity index (χ0) is 22.1. The van der Waals surface area contributed by atoms with Gasteiger partial charge in [-0.25, -0.2) is 13.8 Å². The van der Waals surface area contributed by atoms with Crippen LogP contribution in [0, 0.1) is 17.5 Å². The molecule has 6 nitrogen and oxygen atoms in total. The number of hydrogen-bond donors (Lipinski definition) is 1. The molecule has 1 aromatic carbocycles. The summed E-state index contributed by atoms with van der Waals surface area (Å²) in [5.74, 6) is -1.85. The fourth-order valence-electron chi connectivity index (χ4n) is 3.91. The maximum Gasteiger partial charge on any atom is 0.310 e. The zero-order valence-corrected chi connectivity index (χ0v) is 17.1. The van der Waals surface area contributed by atoms with Crippen LogP contribution < -0.4 is 15.6 Å². The van der Waals surface area contributed by atoms with E-state index in [1.807, 2.05) is 13.8 Å². The molecule has 0 saturated heterocycles. The predicted molar refractivity (Wildman–Crippen MR) is 109 cm³/mol. The lowest BCUT2D eigenvalue weighted by Gasteiger charge is -2.21. The molecule has 0 saturated carbocycles. The van der Waals surface area contributed by atoms with Gasteiger partial charge in [-0.2, -0.15) is 9.37 Å². The molecular weight excluding hydrogens is 409 g/mol. The van der Waals surface area contributed by atoms with Crippen LogP contribution in [0.1, 0.15) is 43.3 Å². The number of aryl methyl sites for hydroxylation is 1. The molecule has 4 rings (SSSR count). The van der Waals surface area contributed by atoms with Gasteiger partial charge in [0.05, 0.1) is 29.7 Å². The van der Waals surface area contributed by atoms with Gasteiger partial charge in [0, 0.05) is 12.1 Å². The highest BCUT2D eigenvalue weighted by Crippen LogP contribution is 2.36. The summed E-state index contributed by atoms with van der Waals surface area (Å²) >= 11 is 0. The smallest absolute Gasteiger partial charge is 0.310 e. The van der Waals surface area contributed by atoms with E-state index in [1.54, 1.807) is 12.1 Å². The van der Waals surface area contributed by atoms with Crippen molar-refractivity contribution in [3.8, 4) is 5.88 Å². The number of nitrogens with one attached hydrogen (secondary N) is 1. The molecule has 0 spiro atoms. The van der Waals surface area contributed by atoms with Crippen molar-refractivity contribution in [3.63, 3.8) is 0 Å². The third-order valence-electron chi connectivity index (χ3n) is 5.23. The monoisotopic (exact) mass is 430 g/mol. The van der Waals surface area contributed by atoms with E-state index < -0.39 is 29.1 Å². The van der Waals surface area contributed by atoms with Crippen LogP contribution >= 0.6 is 0 Å². The molecule has 0 radical (unpaired) electrons. The molecule has 0 amide bonds. The Morgan fingerprint density at radius 1 is 1.13 bits per heavy atom. The first kappa shape index (κ1) is 20.9. The minimum absolute atomic E-state index is 0.0919. The second kappa shape index (κ2) is 8.41. The zero-order valence-electron chi connectivity index (χ0n) is 17.1. The van der Waals surface area contributed by atoms with Gasteiger partial charge in [-0.15, -0.1) is 0 Å². The van der Waals surface area contributed by atoms with Crippen LogP contribution in [0.2, 0.25) is 0 Å². The average Bonchev–Trinajstić information content (AvgIpc) is 3.18. The number of rotatable bonds is 6. The minimum atomic E-state index is -0.989. The largest absolute Gasteiger partial charge is 0.478 e. The number of fused-ring (bicyclic) bond motifs is 1. The maximum absolute atomic E-state index is 14.6. The Morgan fingerprint density at radius 2 is 1.87 bits per heavy atom. The van der Waals surface area contributed by atoms with Gasteiger partial charge >= 0.3 is 5.56 Å². The molecular formula is C22H21F3N4O2. The van der Waals surface area contributed by atoms with E-state index in [2.05, 4.69) is 15.3 Å². The summed E-state index contributed by atoms with van der Waals surface area (Å²) in [7, 11) is 0. The Balaban J connectivity index is 1.81. The van der Waals surface area contributed by atoms with Gasteiger partial charge in [0.2, 0.25) is 17.6 Å². The fraction of sp³-hybridized carbons (Fsp3) is 0.318. The lowest BCUT2D eigenvalue weighted by atomic mass is 10.0. The highest BCUT2D eigenvalue weighted by atomic mass is 19.1. The summed E-state index contributed by atoms with van der Waals surface area (Å²) in [6.07, 6.45) is 1.19. The van der Waals surface area contributed by atoms with Gasteiger partial charge in [0.15, 0.2) is 0 Å².